The van der Waals surface area contributed by atoms with E-state index in [1.807, 2.05) is 6.92 Å². The van der Waals surface area contributed by atoms with Crippen LogP contribution in [0.2, 0.25) is 0 Å². The first-order chi connectivity index (χ1) is 18.5. The van der Waals surface area contributed by atoms with Gasteiger partial charge >= 0.3 is 5.97 Å². The van der Waals surface area contributed by atoms with Crippen molar-refractivity contribution >= 4 is 17.7 Å². The third kappa shape index (κ3) is 12.0. The van der Waals surface area contributed by atoms with Crippen LogP contribution in [0.3, 0.4) is 0 Å². The van der Waals surface area contributed by atoms with Crippen LogP contribution in [0, 0.1) is 11.8 Å². The molecule has 0 radical (unpaired) electrons. The molecule has 0 saturated carbocycles. The van der Waals surface area contributed by atoms with Crippen LogP contribution in [-0.2, 0) is 28.6 Å². The maximum atomic E-state index is 12.2. The lowest BCUT2D eigenvalue weighted by Crippen LogP contribution is -2.50. The fourth-order valence-corrected chi connectivity index (χ4v) is 5.04. The number of carbonyl (C=O) groups is 3. The molecule has 2 aliphatic rings. The topological polar surface area (TPSA) is 155 Å². The number of hydrogen-bond acceptors (Lipinski definition) is 9. The van der Waals surface area contributed by atoms with E-state index in [0.717, 1.165) is 38.5 Å². The molecule has 0 aromatic heterocycles. The van der Waals surface area contributed by atoms with E-state index in [-0.39, 0.29) is 61.3 Å². The number of aliphatic hydroxyl groups excluding tert-OH is 3. The van der Waals surface area contributed by atoms with E-state index in [4.69, 9.17) is 9.47 Å². The number of ketones is 1. The maximum Gasteiger partial charge on any atom is 0.305 e. The van der Waals surface area contributed by atoms with Gasteiger partial charge in [-0.1, -0.05) is 38.2 Å². The van der Waals surface area contributed by atoms with Crippen LogP contribution in [-0.4, -0.2) is 89.9 Å². The molecule has 0 aromatic carbocycles. The molecule has 0 aliphatic carbocycles. The van der Waals surface area contributed by atoms with Gasteiger partial charge in [0.2, 0.25) is 5.91 Å². The summed E-state index contributed by atoms with van der Waals surface area (Å²) in [5, 5.41) is 33.6. The molecule has 2 aliphatic heterocycles. The Morgan fingerprint density at radius 1 is 1.00 bits per heavy atom. The fraction of sp³-hybridized carbons (Fsp3) is 0.828. The number of epoxide rings is 1. The molecule has 0 spiro atoms. The normalized spacial score (nSPS) is 28.4. The van der Waals surface area contributed by atoms with Gasteiger partial charge in [0.05, 0.1) is 50.8 Å². The van der Waals surface area contributed by atoms with Gasteiger partial charge in [-0.2, -0.15) is 0 Å². The number of Topliss-reactive ketones (excluding diaryl/α,β-unsaturated/α-hetero) is 1. The molecule has 10 nitrogen and oxygen atoms in total. The highest BCUT2D eigenvalue weighted by Crippen LogP contribution is 2.38. The summed E-state index contributed by atoms with van der Waals surface area (Å²) < 4.78 is 16.1. The molecule has 10 heteroatoms. The highest BCUT2D eigenvalue weighted by atomic mass is 16.6. The van der Waals surface area contributed by atoms with Gasteiger partial charge in [0.15, 0.2) is 5.78 Å². The molecular formula is C29H49NO9. The van der Waals surface area contributed by atoms with Crippen molar-refractivity contribution in [2.45, 2.75) is 122 Å². The van der Waals surface area contributed by atoms with Gasteiger partial charge in [-0.15, -0.1) is 0 Å². The first-order valence-electron chi connectivity index (χ1n) is 14.4. The Balaban J connectivity index is 1.60. The highest BCUT2D eigenvalue weighted by Gasteiger charge is 2.48. The molecule has 8 atom stereocenters. The Kier molecular flexibility index (Phi) is 14.6. The molecule has 39 heavy (non-hydrogen) atoms. The van der Waals surface area contributed by atoms with Crippen molar-refractivity contribution in [3.05, 3.63) is 11.6 Å². The zero-order chi connectivity index (χ0) is 28.9. The Labute approximate surface area is 232 Å². The van der Waals surface area contributed by atoms with Crippen LogP contribution < -0.4 is 5.32 Å². The van der Waals surface area contributed by atoms with Crippen LogP contribution in [0.5, 0.6) is 0 Å². The first-order valence-corrected chi connectivity index (χ1v) is 14.4. The molecule has 2 fully saturated rings. The molecule has 224 valence electrons. The zero-order valence-corrected chi connectivity index (χ0v) is 24.0. The fourth-order valence-electron chi connectivity index (χ4n) is 5.04. The van der Waals surface area contributed by atoms with E-state index in [1.165, 1.54) is 13.2 Å². The van der Waals surface area contributed by atoms with Crippen molar-refractivity contribution < 1.29 is 43.9 Å². The van der Waals surface area contributed by atoms with Crippen molar-refractivity contribution in [3.63, 3.8) is 0 Å². The summed E-state index contributed by atoms with van der Waals surface area (Å²) in [6.45, 7) is 5.66. The van der Waals surface area contributed by atoms with Crippen LogP contribution >= 0.6 is 0 Å². The number of hydrogen-bond donors (Lipinski definition) is 4. The lowest BCUT2D eigenvalue weighted by molar-refractivity contribution is -0.165. The van der Waals surface area contributed by atoms with E-state index < -0.39 is 24.4 Å². The minimum Gasteiger partial charge on any atom is -0.469 e. The minimum absolute atomic E-state index is 0.00453. The number of unbranched alkanes of at least 4 members (excludes halogenated alkanes) is 5. The van der Waals surface area contributed by atoms with Crippen LogP contribution in [0.15, 0.2) is 11.6 Å². The number of aliphatic hydroxyl groups is 3. The second-order valence-corrected chi connectivity index (χ2v) is 11.2. The van der Waals surface area contributed by atoms with Crippen LogP contribution in [0.4, 0.5) is 0 Å². The summed E-state index contributed by atoms with van der Waals surface area (Å²) in [6, 6.07) is 0. The zero-order valence-electron chi connectivity index (χ0n) is 24.0. The second-order valence-electron chi connectivity index (χ2n) is 11.2. The number of nitrogens with one attached hydrogen (secondary N) is 1. The van der Waals surface area contributed by atoms with Crippen molar-refractivity contribution in [3.8, 4) is 0 Å². The standard InChI is InChI=1S/C29H49NO9/c1-18(14-25(33)30-16-22(32)11-9-7-5-6-8-10-12-26(34)37-4)13-23-28(36)27(35)21(17-38-23)15-24-29(39-24)19(2)20(3)31/h14,19-21,23-24,27-29,31,35-36H,5-13,15-17H2,1-4H3,(H,30,33)/b18-14+/t19-,20-,21-,23-,24-,27+,28-,29-/m0/s1. The Morgan fingerprint density at radius 2 is 1.64 bits per heavy atom. The molecule has 0 bridgehead atoms. The largest absolute Gasteiger partial charge is 0.469 e. The van der Waals surface area contributed by atoms with E-state index in [9.17, 15) is 29.7 Å². The number of rotatable bonds is 18. The third-order valence-electron chi connectivity index (χ3n) is 7.85. The molecule has 0 unspecified atom stereocenters. The smallest absolute Gasteiger partial charge is 0.305 e. The monoisotopic (exact) mass is 555 g/mol. The van der Waals surface area contributed by atoms with E-state index in [1.54, 1.807) is 13.8 Å². The second kappa shape index (κ2) is 17.1. The molecule has 2 heterocycles. The number of esters is 1. The number of methoxy groups -OCH3 is 1. The summed E-state index contributed by atoms with van der Waals surface area (Å²) in [5.41, 5.74) is 0.679. The van der Waals surface area contributed by atoms with Gasteiger partial charge in [-0.05, 0) is 39.5 Å². The van der Waals surface area contributed by atoms with Gasteiger partial charge in [-0.3, -0.25) is 14.4 Å². The minimum atomic E-state index is -1.09. The number of ether oxygens (including phenoxy) is 3. The predicted molar refractivity (Wildman–Crippen MR) is 145 cm³/mol. The molecule has 1 amide bonds. The molecule has 2 saturated heterocycles. The lowest BCUT2D eigenvalue weighted by Gasteiger charge is -2.38. The van der Waals surface area contributed by atoms with Crippen molar-refractivity contribution in [2.75, 3.05) is 20.3 Å². The van der Waals surface area contributed by atoms with Crippen LogP contribution in [0.25, 0.3) is 0 Å². The van der Waals surface area contributed by atoms with Gasteiger partial charge < -0.3 is 34.8 Å². The van der Waals surface area contributed by atoms with Gasteiger partial charge in [0.1, 0.15) is 6.10 Å². The van der Waals surface area contributed by atoms with Crippen molar-refractivity contribution in [2.24, 2.45) is 11.8 Å². The average Bonchev–Trinajstić information content (AvgIpc) is 3.66. The SMILES string of the molecule is COC(=O)CCCCCCCCC(=O)CNC(=O)/C=C(\C)C[C@@H]1OC[C@H](C[C@@H]2O[C@H]2[C@@H](C)[C@H](C)O)[C@@H](O)[C@H]1O. The van der Waals surface area contributed by atoms with Crippen molar-refractivity contribution in [1.29, 1.82) is 0 Å². The van der Waals surface area contributed by atoms with Crippen molar-refractivity contribution in [1.82, 2.24) is 5.32 Å². The summed E-state index contributed by atoms with van der Waals surface area (Å²) >= 11 is 0. The summed E-state index contributed by atoms with van der Waals surface area (Å²) in [7, 11) is 1.39. The third-order valence-corrected chi connectivity index (χ3v) is 7.85. The lowest BCUT2D eigenvalue weighted by atomic mass is 9.85. The molecule has 4 N–H and O–H groups in total. The molecular weight excluding hydrogens is 506 g/mol. The predicted octanol–water partition coefficient (Wildman–Crippen LogP) is 2.21. The summed E-state index contributed by atoms with van der Waals surface area (Å²) in [6.07, 6.45) is 5.35. The van der Waals surface area contributed by atoms with Crippen LogP contribution in [0.1, 0.15) is 85.0 Å². The Bertz CT molecular complexity index is 815. The maximum absolute atomic E-state index is 12.2. The molecule has 0 aromatic rings. The Morgan fingerprint density at radius 3 is 2.28 bits per heavy atom. The number of amides is 1. The Hall–Kier alpha value is -1.85. The van der Waals surface area contributed by atoms with Gasteiger partial charge in [0.25, 0.3) is 0 Å². The highest BCUT2D eigenvalue weighted by molar-refractivity contribution is 5.92. The van der Waals surface area contributed by atoms with Gasteiger partial charge in [-0.25, -0.2) is 0 Å². The summed E-state index contributed by atoms with van der Waals surface area (Å²) in [5.74, 6) is -0.843. The van der Waals surface area contributed by atoms with E-state index in [2.05, 4.69) is 10.1 Å². The average molecular weight is 556 g/mol. The molecule has 2 rings (SSSR count). The quantitative estimate of drug-likeness (QED) is 0.0862. The summed E-state index contributed by atoms with van der Waals surface area (Å²) in [4.78, 5) is 35.4. The number of carbonyl (C=O) groups excluding carboxylic acids is 3. The first kappa shape index (κ1) is 33.4. The van der Waals surface area contributed by atoms with E-state index >= 15 is 0 Å². The van der Waals surface area contributed by atoms with E-state index in [0.29, 0.717) is 24.8 Å². The van der Waals surface area contributed by atoms with Gasteiger partial charge in [0, 0.05) is 30.8 Å².